The van der Waals surface area contributed by atoms with E-state index in [0.717, 1.165) is 4.90 Å². The largest absolute Gasteiger partial charge is 0.143 e. The highest BCUT2D eigenvalue weighted by atomic mass is 32.2. The monoisotopic (exact) mass is 168 g/mol. The molecule has 1 aromatic carbocycles. The first-order chi connectivity index (χ1) is 4.83. The van der Waals surface area contributed by atoms with E-state index in [1.54, 1.807) is 11.8 Å². The van der Waals surface area contributed by atoms with Gasteiger partial charge in [0.15, 0.2) is 0 Å². The van der Waals surface area contributed by atoms with Crippen LogP contribution in [0.25, 0.3) is 0 Å². The van der Waals surface area contributed by atoms with Gasteiger partial charge in [-0.05, 0) is 29.7 Å². The Morgan fingerprint density at radius 3 is 2.40 bits per heavy atom. The molecule has 1 aromatic rings. The van der Waals surface area contributed by atoms with Gasteiger partial charge in [-0.1, -0.05) is 18.3 Å². The Kier molecular flexibility index (Phi) is 2.90. The smallest absolute Gasteiger partial charge is 0.0116 e. The van der Waals surface area contributed by atoms with Gasteiger partial charge >= 0.3 is 0 Å². The molecule has 0 fully saturated rings. The van der Waals surface area contributed by atoms with Crippen LogP contribution in [0.2, 0.25) is 0 Å². The first-order valence-electron chi connectivity index (χ1n) is 2.89. The van der Waals surface area contributed by atoms with E-state index in [1.807, 2.05) is 29.7 Å². The highest BCUT2D eigenvalue weighted by molar-refractivity contribution is 8.02. The van der Waals surface area contributed by atoms with Crippen molar-refractivity contribution in [1.82, 2.24) is 0 Å². The molecule has 2 heteroatoms. The van der Waals surface area contributed by atoms with Gasteiger partial charge < -0.3 is 0 Å². The molecular weight excluding hydrogens is 160 g/mol. The van der Waals surface area contributed by atoms with Crippen molar-refractivity contribution < 1.29 is 0 Å². The fourth-order valence-corrected chi connectivity index (χ4v) is 1.26. The summed E-state index contributed by atoms with van der Waals surface area (Å²) in [6.07, 6.45) is 0. The summed E-state index contributed by atoms with van der Waals surface area (Å²) in [6, 6.07) is 7.98. The van der Waals surface area contributed by atoms with Crippen LogP contribution < -0.4 is 0 Å². The zero-order valence-corrected chi connectivity index (χ0v) is 7.16. The van der Waals surface area contributed by atoms with E-state index in [0.29, 0.717) is 0 Å². The van der Waals surface area contributed by atoms with E-state index in [9.17, 15) is 0 Å². The van der Waals surface area contributed by atoms with Crippen LogP contribution in [0.15, 0.2) is 46.0 Å². The lowest BCUT2D eigenvalue weighted by Gasteiger charge is -1.94. The van der Waals surface area contributed by atoms with E-state index in [2.05, 4.69) is 19.2 Å². The molecule has 10 heavy (non-hydrogen) atoms. The molecule has 0 nitrogen and oxygen atoms in total. The Balaban J connectivity index is 2.78. The van der Waals surface area contributed by atoms with Gasteiger partial charge in [-0.25, -0.2) is 0 Å². The SMILES string of the molecule is C=CSc1ccc(S)cc1. The molecule has 0 aliphatic heterocycles. The van der Waals surface area contributed by atoms with Crippen molar-refractivity contribution in [2.24, 2.45) is 0 Å². The van der Waals surface area contributed by atoms with Gasteiger partial charge in [0.25, 0.3) is 0 Å². The minimum absolute atomic E-state index is 0.994. The first kappa shape index (κ1) is 7.76. The standard InChI is InChI=1S/C8H8S2/c1-2-10-8-5-3-7(9)4-6-8/h2-6,9H,1H2. The molecule has 52 valence electrons. The predicted octanol–water partition coefficient (Wildman–Crippen LogP) is 3.21. The summed E-state index contributed by atoms with van der Waals surface area (Å²) >= 11 is 5.78. The lowest BCUT2D eigenvalue weighted by molar-refractivity contribution is 1.37. The molecule has 0 radical (unpaired) electrons. The summed E-state index contributed by atoms with van der Waals surface area (Å²) in [6.45, 7) is 3.62. The molecule has 0 aromatic heterocycles. The molecule has 0 N–H and O–H groups in total. The maximum atomic E-state index is 4.16. The Labute approximate surface area is 70.7 Å². The zero-order valence-electron chi connectivity index (χ0n) is 5.45. The summed E-state index contributed by atoms with van der Waals surface area (Å²) in [5, 5.41) is 1.81. The van der Waals surface area contributed by atoms with Crippen LogP contribution in [-0.2, 0) is 0 Å². The van der Waals surface area contributed by atoms with Gasteiger partial charge in [-0.2, -0.15) is 0 Å². The molecule has 0 aliphatic carbocycles. The molecule has 0 bridgehead atoms. The summed E-state index contributed by atoms with van der Waals surface area (Å²) in [7, 11) is 0. The van der Waals surface area contributed by atoms with Crippen molar-refractivity contribution >= 4 is 24.4 Å². The predicted molar refractivity (Wildman–Crippen MR) is 49.7 cm³/mol. The Morgan fingerprint density at radius 2 is 1.90 bits per heavy atom. The molecule has 0 unspecified atom stereocenters. The Morgan fingerprint density at radius 1 is 1.30 bits per heavy atom. The molecule has 0 saturated carbocycles. The van der Waals surface area contributed by atoms with E-state index >= 15 is 0 Å². The molecule has 0 saturated heterocycles. The van der Waals surface area contributed by atoms with Gasteiger partial charge in [0.1, 0.15) is 0 Å². The third-order valence-electron chi connectivity index (χ3n) is 1.06. The van der Waals surface area contributed by atoms with Crippen molar-refractivity contribution in [3.63, 3.8) is 0 Å². The van der Waals surface area contributed by atoms with Gasteiger partial charge in [0, 0.05) is 9.79 Å². The van der Waals surface area contributed by atoms with Crippen LogP contribution in [-0.4, -0.2) is 0 Å². The third kappa shape index (κ3) is 2.12. The minimum atomic E-state index is 0.994. The summed E-state index contributed by atoms with van der Waals surface area (Å²) in [5.41, 5.74) is 0. The summed E-state index contributed by atoms with van der Waals surface area (Å²) in [5.74, 6) is 0. The van der Waals surface area contributed by atoms with Gasteiger partial charge in [0.05, 0.1) is 0 Å². The number of thioether (sulfide) groups is 1. The first-order valence-corrected chi connectivity index (χ1v) is 4.22. The van der Waals surface area contributed by atoms with Crippen LogP contribution in [0, 0.1) is 0 Å². The molecular formula is C8H8S2. The quantitative estimate of drug-likeness (QED) is 0.522. The number of rotatable bonds is 2. The minimum Gasteiger partial charge on any atom is -0.143 e. The average molecular weight is 168 g/mol. The second-order valence-corrected chi connectivity index (χ2v) is 3.34. The van der Waals surface area contributed by atoms with Crippen molar-refractivity contribution in [2.75, 3.05) is 0 Å². The molecule has 1 rings (SSSR count). The van der Waals surface area contributed by atoms with Crippen LogP contribution in [0.5, 0.6) is 0 Å². The van der Waals surface area contributed by atoms with Crippen molar-refractivity contribution in [3.8, 4) is 0 Å². The fourth-order valence-electron chi connectivity index (χ4n) is 0.621. The average Bonchev–Trinajstić information content (AvgIpc) is 1.95. The lowest BCUT2D eigenvalue weighted by Crippen LogP contribution is -1.66. The molecule has 0 heterocycles. The second kappa shape index (κ2) is 3.74. The maximum absolute atomic E-state index is 4.16. The number of thiol groups is 1. The van der Waals surface area contributed by atoms with E-state index < -0.39 is 0 Å². The fraction of sp³-hybridized carbons (Fsp3) is 0. The van der Waals surface area contributed by atoms with Crippen molar-refractivity contribution in [1.29, 1.82) is 0 Å². The summed E-state index contributed by atoms with van der Waals surface area (Å²) < 4.78 is 0. The van der Waals surface area contributed by atoms with Gasteiger partial charge in [0.2, 0.25) is 0 Å². The highest BCUT2D eigenvalue weighted by Gasteiger charge is 1.87. The molecule has 0 aliphatic rings. The molecule has 0 amide bonds. The lowest BCUT2D eigenvalue weighted by atomic mass is 10.4. The maximum Gasteiger partial charge on any atom is 0.0116 e. The third-order valence-corrected chi connectivity index (χ3v) is 2.07. The number of hydrogen-bond donors (Lipinski definition) is 1. The zero-order chi connectivity index (χ0) is 7.40. The number of benzene rings is 1. The highest BCUT2D eigenvalue weighted by Crippen LogP contribution is 2.19. The second-order valence-electron chi connectivity index (χ2n) is 1.78. The van der Waals surface area contributed by atoms with E-state index in [-0.39, 0.29) is 0 Å². The van der Waals surface area contributed by atoms with Crippen LogP contribution in [0.1, 0.15) is 0 Å². The Hall–Kier alpha value is -0.340. The van der Waals surface area contributed by atoms with Crippen molar-refractivity contribution in [2.45, 2.75) is 9.79 Å². The Bertz CT molecular complexity index is 213. The van der Waals surface area contributed by atoms with Crippen molar-refractivity contribution in [3.05, 3.63) is 36.3 Å². The normalized spacial score (nSPS) is 9.30. The summed E-state index contributed by atoms with van der Waals surface area (Å²) in [4.78, 5) is 2.20. The molecule has 0 spiro atoms. The topological polar surface area (TPSA) is 0 Å². The van der Waals surface area contributed by atoms with E-state index in [1.165, 1.54) is 4.90 Å². The van der Waals surface area contributed by atoms with Crippen LogP contribution in [0.3, 0.4) is 0 Å². The van der Waals surface area contributed by atoms with Crippen LogP contribution >= 0.6 is 24.4 Å². The van der Waals surface area contributed by atoms with Gasteiger partial charge in [-0.3, -0.25) is 0 Å². The van der Waals surface area contributed by atoms with Gasteiger partial charge in [-0.15, -0.1) is 12.6 Å². The van der Waals surface area contributed by atoms with E-state index in [4.69, 9.17) is 0 Å². The number of hydrogen-bond acceptors (Lipinski definition) is 2. The van der Waals surface area contributed by atoms with Crippen LogP contribution in [0.4, 0.5) is 0 Å². The molecule has 0 atom stereocenters.